The van der Waals surface area contributed by atoms with Crippen LogP contribution >= 0.6 is 0 Å². The summed E-state index contributed by atoms with van der Waals surface area (Å²) in [5, 5.41) is 30.0. The zero-order valence-electron chi connectivity index (χ0n) is 26.7. The molecular weight excluding hydrogens is 678 g/mol. The Morgan fingerprint density at radius 2 is 1.04 bits per heavy atom. The largest absolute Gasteiger partial charge is 0.417 e. The summed E-state index contributed by atoms with van der Waals surface area (Å²) in [5.41, 5.74) is -3.02. The van der Waals surface area contributed by atoms with E-state index in [0.29, 0.717) is 0 Å². The van der Waals surface area contributed by atoms with Gasteiger partial charge in [0, 0.05) is 11.1 Å². The van der Waals surface area contributed by atoms with Crippen LogP contribution in [0.2, 0.25) is 0 Å². The van der Waals surface area contributed by atoms with Crippen LogP contribution in [0.15, 0.2) is 72.1 Å². The summed E-state index contributed by atoms with van der Waals surface area (Å²) >= 11 is 0. The Kier molecular flexibility index (Phi) is 8.08. The van der Waals surface area contributed by atoms with E-state index in [1.54, 1.807) is 6.07 Å². The van der Waals surface area contributed by atoms with E-state index in [1.807, 2.05) is 12.1 Å². The predicted molar refractivity (Wildman–Crippen MR) is 179 cm³/mol. The van der Waals surface area contributed by atoms with E-state index in [2.05, 4.69) is 14.5 Å². The third kappa shape index (κ3) is 5.07. The van der Waals surface area contributed by atoms with E-state index in [-0.39, 0.29) is 77.9 Å². The number of alkyl halides is 6. The molecule has 4 aromatic rings. The van der Waals surface area contributed by atoms with E-state index in [4.69, 9.17) is 19.7 Å². The van der Waals surface area contributed by atoms with Crippen LogP contribution in [0.3, 0.4) is 0 Å². The maximum atomic E-state index is 14.3. The Bertz CT molecular complexity index is 2470. The number of benzene rings is 4. The number of hydrogen-bond acceptors (Lipinski definition) is 3. The van der Waals surface area contributed by atoms with Crippen LogP contribution in [0.1, 0.15) is 50.1 Å². The molecule has 0 aromatic heterocycles. The van der Waals surface area contributed by atoms with Crippen LogP contribution in [-0.2, 0) is 12.4 Å². The van der Waals surface area contributed by atoms with Gasteiger partial charge >= 0.3 is 12.4 Å². The molecule has 0 saturated heterocycles. The Morgan fingerprint density at radius 1 is 0.615 bits per heavy atom. The van der Waals surface area contributed by atoms with Gasteiger partial charge < -0.3 is 0 Å². The first-order valence-electron chi connectivity index (χ1n) is 14.9. The summed E-state index contributed by atoms with van der Waals surface area (Å²) in [4.78, 5) is 9.95. The maximum absolute atomic E-state index is 14.3. The van der Waals surface area contributed by atoms with Crippen LogP contribution in [-0.4, -0.2) is 0 Å². The minimum atomic E-state index is -4.92. The molecule has 12 heteroatoms. The third-order valence-electron chi connectivity index (χ3n) is 8.92. The van der Waals surface area contributed by atoms with Gasteiger partial charge in [-0.15, -0.1) is 0 Å². The number of fused-ring (bicyclic) bond motifs is 4. The minimum Gasteiger partial charge on any atom is -0.237 e. The maximum Gasteiger partial charge on any atom is 0.417 e. The summed E-state index contributed by atoms with van der Waals surface area (Å²) in [6, 6.07) is 18.7. The quantitative estimate of drug-likeness (QED) is 0.119. The first kappa shape index (κ1) is 34.5. The molecule has 0 spiro atoms. The molecule has 2 aliphatic rings. The second kappa shape index (κ2) is 12.2. The molecule has 4 aromatic carbocycles. The molecule has 0 atom stereocenters. The number of allylic oxidation sites excluding steroid dienone is 6. The van der Waals surface area contributed by atoms with E-state index in [9.17, 15) is 42.1 Å². The van der Waals surface area contributed by atoms with E-state index < -0.39 is 46.1 Å². The molecule has 6 nitrogen and oxygen atoms in total. The summed E-state index contributed by atoms with van der Waals surface area (Å²) in [5.74, 6) is 0. The summed E-state index contributed by atoms with van der Waals surface area (Å²) in [6.07, 6.45) is -9.84. The standard InChI is InChI=1S/C40H16F6N6/c1-19-12-21(14-28(27(19)16-47)39(41,42)43)23-8-6-10-25-32(23)36-35(31(18-49)51-4)26-11-7-9-24(33(26)37(36)34(25)30(17-48)50-3)22-13-20(2)38(52-5)29(15-22)40(44,45)46/h6-15H,1-2H3/b34-30+,35-31-. The van der Waals surface area contributed by atoms with Crippen molar-refractivity contribution in [1.29, 1.82) is 15.8 Å². The lowest BCUT2D eigenvalue weighted by atomic mass is 9.84. The first-order valence-corrected chi connectivity index (χ1v) is 14.9. The van der Waals surface area contributed by atoms with Gasteiger partial charge in [0.15, 0.2) is 0 Å². The number of nitrogens with zero attached hydrogens (tertiary/aromatic N) is 6. The highest BCUT2D eigenvalue weighted by atomic mass is 19.4. The van der Waals surface area contributed by atoms with Gasteiger partial charge in [-0.05, 0) is 86.7 Å². The summed E-state index contributed by atoms with van der Waals surface area (Å²) in [7, 11) is 0. The zero-order chi connectivity index (χ0) is 37.9. The van der Waals surface area contributed by atoms with E-state index >= 15 is 0 Å². The number of rotatable bonds is 2. The third-order valence-corrected chi connectivity index (χ3v) is 8.92. The fourth-order valence-corrected chi connectivity index (χ4v) is 6.94. The second-order valence-electron chi connectivity index (χ2n) is 11.7. The lowest BCUT2D eigenvalue weighted by Crippen LogP contribution is -2.09. The molecule has 52 heavy (non-hydrogen) atoms. The molecule has 2 aliphatic carbocycles. The van der Waals surface area contributed by atoms with Gasteiger partial charge in [-0.25, -0.2) is 25.1 Å². The fourth-order valence-electron chi connectivity index (χ4n) is 6.94. The van der Waals surface area contributed by atoms with Crippen molar-refractivity contribution in [3.05, 3.63) is 156 Å². The molecule has 0 saturated carbocycles. The van der Waals surface area contributed by atoms with Crippen molar-refractivity contribution in [1.82, 2.24) is 0 Å². The number of halogens is 6. The van der Waals surface area contributed by atoms with E-state index in [1.165, 1.54) is 62.4 Å². The van der Waals surface area contributed by atoms with Crippen LogP contribution in [0.25, 0.3) is 59.1 Å². The summed E-state index contributed by atoms with van der Waals surface area (Å²) < 4.78 is 85.7. The van der Waals surface area contributed by atoms with Crippen LogP contribution < -0.4 is 0 Å². The lowest BCUT2D eigenvalue weighted by molar-refractivity contribution is -0.138. The molecular formula is C40H16F6N6. The average molecular weight is 695 g/mol. The normalized spacial score (nSPS) is 14.8. The SMILES string of the molecule is [C-]#[N+]/C(C#N)=C1C2=C(/C(=C(\C#N)[N+]#[C-])c3cccc(-c4cc(C)c(C#N)c(C(F)(F)F)c4)c32)c2c\1cccc2-c1cc(C)c([N+]#[C-])c(C(F)(F)F)c1. The second-order valence-corrected chi connectivity index (χ2v) is 11.7. The van der Waals surface area contributed by atoms with Crippen molar-refractivity contribution in [2.75, 3.05) is 0 Å². The number of aryl methyl sites for hydroxylation is 2. The zero-order valence-corrected chi connectivity index (χ0v) is 26.7. The molecule has 6 rings (SSSR count). The highest BCUT2D eigenvalue weighted by Gasteiger charge is 2.43. The highest BCUT2D eigenvalue weighted by Crippen LogP contribution is 2.63. The van der Waals surface area contributed by atoms with Gasteiger partial charge in [0.2, 0.25) is 5.69 Å². The predicted octanol–water partition coefficient (Wildman–Crippen LogP) is 11.3. The van der Waals surface area contributed by atoms with Crippen molar-refractivity contribution in [2.24, 2.45) is 0 Å². The van der Waals surface area contributed by atoms with Gasteiger partial charge in [0.1, 0.15) is 6.07 Å². The minimum absolute atomic E-state index is 0.00659. The highest BCUT2D eigenvalue weighted by molar-refractivity contribution is 6.39. The fraction of sp³-hybridized carbons (Fsp3) is 0.100. The average Bonchev–Trinajstić information content (AvgIpc) is 3.61. The summed E-state index contributed by atoms with van der Waals surface area (Å²) in [6.45, 7) is 25.9. The molecule has 0 N–H and O–H groups in total. The molecule has 0 aliphatic heterocycles. The van der Waals surface area contributed by atoms with E-state index in [0.717, 1.165) is 12.1 Å². The molecule has 0 heterocycles. The topological polar surface area (TPSA) is 84.5 Å². The Balaban J connectivity index is 1.82. The number of nitriles is 3. The van der Waals surface area contributed by atoms with Crippen molar-refractivity contribution >= 4 is 28.0 Å². The Hall–Kier alpha value is -7.38. The van der Waals surface area contributed by atoms with Crippen molar-refractivity contribution in [3.63, 3.8) is 0 Å². The lowest BCUT2D eigenvalue weighted by Gasteiger charge is -2.20. The van der Waals surface area contributed by atoms with Crippen molar-refractivity contribution < 1.29 is 26.3 Å². The van der Waals surface area contributed by atoms with Gasteiger partial charge in [0.25, 0.3) is 11.4 Å². The molecule has 0 unspecified atom stereocenters. The van der Waals surface area contributed by atoms with Gasteiger partial charge in [-0.3, -0.25) is 0 Å². The van der Waals surface area contributed by atoms with Gasteiger partial charge in [-0.1, -0.05) is 54.6 Å². The monoisotopic (exact) mass is 694 g/mol. The molecule has 0 bridgehead atoms. The Labute approximate surface area is 292 Å². The first-order chi connectivity index (χ1) is 24.7. The van der Waals surface area contributed by atoms with Crippen LogP contribution in [0, 0.1) is 67.6 Å². The van der Waals surface area contributed by atoms with Gasteiger partial charge in [-0.2, -0.15) is 31.6 Å². The molecule has 0 fully saturated rings. The molecule has 0 radical (unpaired) electrons. The smallest absolute Gasteiger partial charge is 0.237 e. The molecule has 0 amide bonds. The van der Waals surface area contributed by atoms with Crippen molar-refractivity contribution in [3.8, 4) is 40.5 Å². The van der Waals surface area contributed by atoms with Crippen molar-refractivity contribution in [2.45, 2.75) is 26.2 Å². The number of hydrogen-bond donors (Lipinski definition) is 0. The van der Waals surface area contributed by atoms with Gasteiger partial charge in [0.05, 0.1) is 48.5 Å². The van der Waals surface area contributed by atoms with Crippen LogP contribution in [0.4, 0.5) is 32.0 Å². The van der Waals surface area contributed by atoms with Crippen LogP contribution in [0.5, 0.6) is 0 Å². The molecule has 248 valence electrons. The Morgan fingerprint density at radius 3 is 1.42 bits per heavy atom.